The van der Waals surface area contributed by atoms with Crippen LogP contribution in [0.15, 0.2) is 16.6 Å². The summed E-state index contributed by atoms with van der Waals surface area (Å²) in [4.78, 5) is 11.3. The molecule has 0 aliphatic heterocycles. The predicted molar refractivity (Wildman–Crippen MR) is 53.7 cm³/mol. The third-order valence-electron chi connectivity index (χ3n) is 1.69. The van der Waals surface area contributed by atoms with Gasteiger partial charge < -0.3 is 14.6 Å². The minimum absolute atomic E-state index is 0.0359. The number of hydrogen-bond acceptors (Lipinski definition) is 4. The number of carbonyl (C=O) groups is 1. The van der Waals surface area contributed by atoms with Crippen LogP contribution in [0.25, 0.3) is 0 Å². The second-order valence-corrected chi connectivity index (χ2v) is 3.26. The molecular formula is C9H9BrO4. The molecule has 0 radical (unpaired) electrons. The molecule has 76 valence electrons. The second-order valence-electron chi connectivity index (χ2n) is 2.47. The number of phenols is 1. The lowest BCUT2D eigenvalue weighted by Crippen LogP contribution is -2.05. The van der Waals surface area contributed by atoms with E-state index in [2.05, 4.69) is 20.7 Å². The Morgan fingerprint density at radius 2 is 2.07 bits per heavy atom. The molecule has 0 saturated heterocycles. The van der Waals surface area contributed by atoms with Crippen molar-refractivity contribution < 1.29 is 19.4 Å². The molecule has 1 N–H and O–H groups in total. The van der Waals surface area contributed by atoms with E-state index in [1.54, 1.807) is 0 Å². The van der Waals surface area contributed by atoms with Crippen molar-refractivity contribution in [1.29, 1.82) is 0 Å². The van der Waals surface area contributed by atoms with Crippen molar-refractivity contribution in [2.24, 2.45) is 0 Å². The molecular weight excluding hydrogens is 252 g/mol. The van der Waals surface area contributed by atoms with Crippen LogP contribution in [0.3, 0.4) is 0 Å². The third-order valence-corrected chi connectivity index (χ3v) is 2.50. The zero-order valence-corrected chi connectivity index (χ0v) is 9.29. The van der Waals surface area contributed by atoms with Gasteiger partial charge in [0.15, 0.2) is 0 Å². The smallest absolute Gasteiger partial charge is 0.342 e. The molecule has 0 saturated carbocycles. The molecule has 0 fully saturated rings. The van der Waals surface area contributed by atoms with E-state index in [1.165, 1.54) is 26.4 Å². The van der Waals surface area contributed by atoms with Crippen LogP contribution < -0.4 is 4.74 Å². The Labute approximate surface area is 89.6 Å². The van der Waals surface area contributed by atoms with E-state index in [0.29, 0.717) is 5.75 Å². The number of hydrogen-bond donors (Lipinski definition) is 1. The number of ether oxygens (including phenoxy) is 2. The fourth-order valence-electron chi connectivity index (χ4n) is 1.01. The van der Waals surface area contributed by atoms with Crippen LogP contribution in [-0.4, -0.2) is 25.3 Å². The molecule has 0 unspecified atom stereocenters. The van der Waals surface area contributed by atoms with Gasteiger partial charge in [0, 0.05) is 0 Å². The van der Waals surface area contributed by atoms with Gasteiger partial charge in [-0.15, -0.1) is 0 Å². The van der Waals surface area contributed by atoms with E-state index >= 15 is 0 Å². The fraction of sp³-hybridized carbons (Fsp3) is 0.222. The topological polar surface area (TPSA) is 55.8 Å². The number of halogens is 1. The van der Waals surface area contributed by atoms with Crippen molar-refractivity contribution in [2.45, 2.75) is 0 Å². The Hall–Kier alpha value is -1.23. The lowest BCUT2D eigenvalue weighted by atomic mass is 10.2. The van der Waals surface area contributed by atoms with Crippen LogP contribution in [0, 0.1) is 0 Å². The summed E-state index contributed by atoms with van der Waals surface area (Å²) in [7, 11) is 2.70. The van der Waals surface area contributed by atoms with E-state index in [1.807, 2.05) is 0 Å². The fourth-order valence-corrected chi connectivity index (χ4v) is 1.50. The van der Waals surface area contributed by atoms with E-state index in [4.69, 9.17) is 4.74 Å². The van der Waals surface area contributed by atoms with Crippen molar-refractivity contribution in [3.63, 3.8) is 0 Å². The van der Waals surface area contributed by atoms with Crippen molar-refractivity contribution in [2.75, 3.05) is 14.2 Å². The maximum absolute atomic E-state index is 11.3. The standard InChI is InChI=1S/C9H9BrO4/c1-13-6-4-3-5(11)8(10)7(6)9(12)14-2/h3-4,11H,1-2H3. The van der Waals surface area contributed by atoms with Crippen LogP contribution in [0.4, 0.5) is 0 Å². The van der Waals surface area contributed by atoms with Gasteiger partial charge in [-0.1, -0.05) is 0 Å². The maximum Gasteiger partial charge on any atom is 0.342 e. The summed E-state index contributed by atoms with van der Waals surface area (Å²) < 4.78 is 9.78. The predicted octanol–water partition coefficient (Wildman–Crippen LogP) is 1.95. The first-order valence-corrected chi connectivity index (χ1v) is 4.55. The summed E-state index contributed by atoms with van der Waals surface area (Å²) >= 11 is 3.08. The van der Waals surface area contributed by atoms with Crippen LogP contribution >= 0.6 is 15.9 Å². The van der Waals surface area contributed by atoms with Gasteiger partial charge in [-0.05, 0) is 28.1 Å². The summed E-state index contributed by atoms with van der Waals surface area (Å²) in [5.41, 5.74) is 0.176. The number of methoxy groups -OCH3 is 2. The first kappa shape index (κ1) is 10.8. The number of rotatable bonds is 2. The van der Waals surface area contributed by atoms with Crippen LogP contribution in [0.5, 0.6) is 11.5 Å². The maximum atomic E-state index is 11.3. The normalized spacial score (nSPS) is 9.64. The summed E-state index contributed by atoms with van der Waals surface area (Å²) in [6.07, 6.45) is 0. The molecule has 0 aromatic heterocycles. The minimum atomic E-state index is -0.565. The van der Waals surface area contributed by atoms with Gasteiger partial charge in [-0.3, -0.25) is 0 Å². The van der Waals surface area contributed by atoms with Crippen LogP contribution in [0.1, 0.15) is 10.4 Å². The Balaban J connectivity index is 3.35. The van der Waals surface area contributed by atoms with Crippen LogP contribution in [-0.2, 0) is 4.74 Å². The van der Waals surface area contributed by atoms with Crippen LogP contribution in [0.2, 0.25) is 0 Å². The van der Waals surface area contributed by atoms with Gasteiger partial charge >= 0.3 is 5.97 Å². The van der Waals surface area contributed by atoms with Gasteiger partial charge in [-0.25, -0.2) is 4.79 Å². The summed E-state index contributed by atoms with van der Waals surface area (Å²) in [6.45, 7) is 0. The SMILES string of the molecule is COC(=O)c1c(OC)ccc(O)c1Br. The first-order valence-electron chi connectivity index (χ1n) is 3.75. The largest absolute Gasteiger partial charge is 0.507 e. The van der Waals surface area contributed by atoms with E-state index < -0.39 is 5.97 Å². The lowest BCUT2D eigenvalue weighted by Gasteiger charge is -2.09. The molecule has 0 heterocycles. The van der Waals surface area contributed by atoms with E-state index in [-0.39, 0.29) is 15.8 Å². The second kappa shape index (κ2) is 4.32. The Bertz CT molecular complexity index is 362. The Kier molecular flexibility index (Phi) is 3.35. The molecule has 5 heteroatoms. The molecule has 0 aliphatic carbocycles. The molecule has 0 spiro atoms. The van der Waals surface area contributed by atoms with Gasteiger partial charge in [0.2, 0.25) is 0 Å². The Morgan fingerprint density at radius 1 is 1.43 bits per heavy atom. The zero-order chi connectivity index (χ0) is 10.7. The molecule has 0 amide bonds. The highest BCUT2D eigenvalue weighted by Crippen LogP contribution is 2.34. The molecule has 1 aromatic carbocycles. The van der Waals surface area contributed by atoms with E-state index in [9.17, 15) is 9.90 Å². The number of esters is 1. The first-order chi connectivity index (χ1) is 6.61. The highest BCUT2D eigenvalue weighted by atomic mass is 79.9. The van der Waals surface area contributed by atoms with Gasteiger partial charge in [0.25, 0.3) is 0 Å². The summed E-state index contributed by atoms with van der Waals surface area (Å²) in [5.74, 6) is -0.252. The molecule has 1 rings (SSSR count). The quantitative estimate of drug-likeness (QED) is 0.826. The highest BCUT2D eigenvalue weighted by molar-refractivity contribution is 9.10. The van der Waals surface area contributed by atoms with Crippen molar-refractivity contribution in [3.05, 3.63) is 22.2 Å². The number of aromatic hydroxyl groups is 1. The molecule has 4 nitrogen and oxygen atoms in total. The lowest BCUT2D eigenvalue weighted by molar-refractivity contribution is 0.0595. The molecule has 14 heavy (non-hydrogen) atoms. The average molecular weight is 261 g/mol. The minimum Gasteiger partial charge on any atom is -0.507 e. The van der Waals surface area contributed by atoms with Gasteiger partial charge in [0.1, 0.15) is 17.1 Å². The summed E-state index contributed by atoms with van der Waals surface area (Å²) in [5, 5.41) is 9.35. The number of carbonyl (C=O) groups excluding carboxylic acids is 1. The van der Waals surface area contributed by atoms with E-state index in [0.717, 1.165) is 0 Å². The average Bonchev–Trinajstić information content (AvgIpc) is 2.20. The number of benzene rings is 1. The van der Waals surface area contributed by atoms with Gasteiger partial charge in [-0.2, -0.15) is 0 Å². The third kappa shape index (κ3) is 1.82. The molecule has 0 aliphatic rings. The highest BCUT2D eigenvalue weighted by Gasteiger charge is 2.19. The zero-order valence-electron chi connectivity index (χ0n) is 7.70. The van der Waals surface area contributed by atoms with Crippen molar-refractivity contribution >= 4 is 21.9 Å². The van der Waals surface area contributed by atoms with Crippen molar-refractivity contribution in [1.82, 2.24) is 0 Å². The molecule has 1 aromatic rings. The number of phenolic OH excluding ortho intramolecular Hbond substituents is 1. The van der Waals surface area contributed by atoms with Crippen molar-refractivity contribution in [3.8, 4) is 11.5 Å². The summed E-state index contributed by atoms with van der Waals surface area (Å²) in [6, 6.07) is 2.92. The molecule has 0 atom stereocenters. The molecule has 0 bridgehead atoms. The monoisotopic (exact) mass is 260 g/mol. The van der Waals surface area contributed by atoms with Gasteiger partial charge in [0.05, 0.1) is 18.7 Å². The Morgan fingerprint density at radius 3 is 2.57 bits per heavy atom.